The van der Waals surface area contributed by atoms with Gasteiger partial charge in [0.25, 0.3) is 0 Å². The molecule has 0 bridgehead atoms. The fourth-order valence-electron chi connectivity index (χ4n) is 2.29. The first-order valence-electron chi connectivity index (χ1n) is 8.55. The number of hydrogen-bond acceptors (Lipinski definition) is 4. The highest BCUT2D eigenvalue weighted by Gasteiger charge is 2.18. The Labute approximate surface area is 168 Å². The van der Waals surface area contributed by atoms with Gasteiger partial charge < -0.3 is 14.4 Å². The third kappa shape index (κ3) is 6.25. The van der Waals surface area contributed by atoms with E-state index in [0.29, 0.717) is 12.2 Å². The first-order valence-corrected chi connectivity index (χ1v) is 10.9. The Morgan fingerprint density at radius 3 is 2.33 bits per heavy atom. The second-order valence-electron chi connectivity index (χ2n) is 6.21. The number of nitrogens with one attached hydrogen (secondary N) is 1. The van der Waals surface area contributed by atoms with Crippen LogP contribution in [0.4, 0.5) is 10.5 Å². The standard InChI is InChI=1S/C19H23BrN2O4S/c1-4-27(24,25)26-16-11-9-15(10-12-16)13-22(14(2)3)19(23)21-18-8-6-5-7-17(18)20/h5-12,14H,4,13H2,1-3H3,(H,21,23). The van der Waals surface area contributed by atoms with Gasteiger partial charge in [-0.05, 0) is 66.5 Å². The van der Waals surface area contributed by atoms with E-state index in [4.69, 9.17) is 4.18 Å². The summed E-state index contributed by atoms with van der Waals surface area (Å²) in [7, 11) is -3.55. The highest BCUT2D eigenvalue weighted by molar-refractivity contribution is 9.10. The summed E-state index contributed by atoms with van der Waals surface area (Å²) in [6.45, 7) is 5.78. The largest absolute Gasteiger partial charge is 0.382 e. The lowest BCUT2D eigenvalue weighted by Crippen LogP contribution is -2.39. The van der Waals surface area contributed by atoms with Crippen molar-refractivity contribution in [2.75, 3.05) is 11.1 Å². The minimum absolute atomic E-state index is 0.0242. The molecule has 0 aliphatic carbocycles. The van der Waals surface area contributed by atoms with Crippen molar-refractivity contribution in [3.05, 3.63) is 58.6 Å². The van der Waals surface area contributed by atoms with Crippen molar-refractivity contribution in [2.24, 2.45) is 0 Å². The number of hydrogen-bond donors (Lipinski definition) is 1. The van der Waals surface area contributed by atoms with Crippen molar-refractivity contribution in [3.63, 3.8) is 0 Å². The lowest BCUT2D eigenvalue weighted by atomic mass is 10.2. The molecule has 0 saturated heterocycles. The van der Waals surface area contributed by atoms with E-state index in [1.807, 2.05) is 38.1 Å². The Kier molecular flexibility index (Phi) is 7.26. The first-order chi connectivity index (χ1) is 12.7. The zero-order chi connectivity index (χ0) is 20.0. The van der Waals surface area contributed by atoms with Gasteiger partial charge >= 0.3 is 16.1 Å². The van der Waals surface area contributed by atoms with Crippen LogP contribution in [-0.4, -0.2) is 31.1 Å². The summed E-state index contributed by atoms with van der Waals surface area (Å²) in [6, 6.07) is 13.8. The van der Waals surface area contributed by atoms with Crippen LogP contribution in [0, 0.1) is 0 Å². The van der Waals surface area contributed by atoms with Gasteiger partial charge in [-0.3, -0.25) is 0 Å². The minimum atomic E-state index is -3.55. The van der Waals surface area contributed by atoms with Crippen molar-refractivity contribution in [2.45, 2.75) is 33.4 Å². The molecule has 0 aliphatic heterocycles. The van der Waals surface area contributed by atoms with Gasteiger partial charge in [-0.15, -0.1) is 0 Å². The van der Waals surface area contributed by atoms with Crippen molar-refractivity contribution in [1.29, 1.82) is 0 Å². The summed E-state index contributed by atoms with van der Waals surface area (Å²) in [4.78, 5) is 14.4. The van der Waals surface area contributed by atoms with Gasteiger partial charge in [0.05, 0.1) is 11.4 Å². The molecule has 2 aromatic carbocycles. The molecular formula is C19H23BrN2O4S. The maximum atomic E-state index is 12.7. The fourth-order valence-corrected chi connectivity index (χ4v) is 3.20. The summed E-state index contributed by atoms with van der Waals surface area (Å²) in [5.41, 5.74) is 1.56. The van der Waals surface area contributed by atoms with Gasteiger partial charge in [0.15, 0.2) is 0 Å². The van der Waals surface area contributed by atoms with Crippen LogP contribution >= 0.6 is 15.9 Å². The number of nitrogens with zero attached hydrogens (tertiary/aromatic N) is 1. The summed E-state index contributed by atoms with van der Waals surface area (Å²) in [5.74, 6) is 0.167. The van der Waals surface area contributed by atoms with Crippen LogP contribution < -0.4 is 9.50 Å². The normalized spacial score (nSPS) is 11.3. The Morgan fingerprint density at radius 1 is 1.15 bits per heavy atom. The summed E-state index contributed by atoms with van der Waals surface area (Å²) in [6.07, 6.45) is 0. The van der Waals surface area contributed by atoms with Gasteiger partial charge in [-0.2, -0.15) is 8.42 Å². The molecule has 0 unspecified atom stereocenters. The number of urea groups is 1. The smallest absolute Gasteiger partial charge is 0.322 e. The predicted molar refractivity (Wildman–Crippen MR) is 110 cm³/mol. The second kappa shape index (κ2) is 9.23. The van der Waals surface area contributed by atoms with Crippen LogP contribution in [0.15, 0.2) is 53.0 Å². The number of benzene rings is 2. The van der Waals surface area contributed by atoms with Crippen LogP contribution in [-0.2, 0) is 16.7 Å². The van der Waals surface area contributed by atoms with E-state index < -0.39 is 10.1 Å². The topological polar surface area (TPSA) is 75.7 Å². The van der Waals surface area contributed by atoms with E-state index in [2.05, 4.69) is 21.2 Å². The molecule has 0 fully saturated rings. The Hall–Kier alpha value is -2.06. The average molecular weight is 455 g/mol. The molecule has 146 valence electrons. The molecule has 0 saturated carbocycles. The fraction of sp³-hybridized carbons (Fsp3) is 0.316. The van der Waals surface area contributed by atoms with Crippen LogP contribution in [0.25, 0.3) is 0 Å². The number of anilines is 1. The monoisotopic (exact) mass is 454 g/mol. The SMILES string of the molecule is CCS(=O)(=O)Oc1ccc(CN(C(=O)Nc2ccccc2Br)C(C)C)cc1. The highest BCUT2D eigenvalue weighted by atomic mass is 79.9. The number of carbonyl (C=O) groups is 1. The van der Waals surface area contributed by atoms with E-state index in [0.717, 1.165) is 10.0 Å². The Morgan fingerprint density at radius 2 is 1.78 bits per heavy atom. The van der Waals surface area contributed by atoms with E-state index in [1.165, 1.54) is 6.92 Å². The van der Waals surface area contributed by atoms with Crippen LogP contribution in [0.2, 0.25) is 0 Å². The summed E-state index contributed by atoms with van der Waals surface area (Å²) in [5, 5.41) is 2.90. The third-order valence-corrected chi connectivity index (χ3v) is 5.70. The van der Waals surface area contributed by atoms with Gasteiger partial charge in [0, 0.05) is 17.1 Å². The minimum Gasteiger partial charge on any atom is -0.382 e. The van der Waals surface area contributed by atoms with Gasteiger partial charge in [0.2, 0.25) is 0 Å². The number of amides is 2. The van der Waals surface area contributed by atoms with Crippen molar-refractivity contribution >= 4 is 37.8 Å². The van der Waals surface area contributed by atoms with E-state index in [-0.39, 0.29) is 23.6 Å². The van der Waals surface area contributed by atoms with Crippen molar-refractivity contribution < 1.29 is 17.4 Å². The van der Waals surface area contributed by atoms with Crippen molar-refractivity contribution in [1.82, 2.24) is 4.90 Å². The number of carbonyl (C=O) groups excluding carboxylic acids is 1. The second-order valence-corrected chi connectivity index (χ2v) is 8.92. The maximum absolute atomic E-state index is 12.7. The molecule has 0 radical (unpaired) electrons. The molecule has 2 amide bonds. The lowest BCUT2D eigenvalue weighted by Gasteiger charge is -2.27. The molecule has 8 heteroatoms. The predicted octanol–water partition coefficient (Wildman–Crippen LogP) is 4.62. The quantitative estimate of drug-likeness (QED) is 0.619. The summed E-state index contributed by atoms with van der Waals surface area (Å²) < 4.78 is 28.8. The molecule has 2 rings (SSSR count). The zero-order valence-corrected chi connectivity index (χ0v) is 17.9. The maximum Gasteiger partial charge on any atom is 0.322 e. The van der Waals surface area contributed by atoms with Crippen LogP contribution in [0.1, 0.15) is 26.3 Å². The molecule has 0 aromatic heterocycles. The molecule has 0 spiro atoms. The molecule has 0 aliphatic rings. The first kappa shape index (κ1) is 21.2. The van der Waals surface area contributed by atoms with Gasteiger partial charge in [-0.1, -0.05) is 24.3 Å². The lowest BCUT2D eigenvalue weighted by molar-refractivity contribution is 0.193. The van der Waals surface area contributed by atoms with E-state index in [9.17, 15) is 13.2 Å². The summed E-state index contributed by atoms with van der Waals surface area (Å²) >= 11 is 3.42. The third-order valence-electron chi connectivity index (χ3n) is 3.85. The molecule has 1 N–H and O–H groups in total. The number of para-hydroxylation sites is 1. The number of halogens is 1. The Balaban J connectivity index is 2.09. The zero-order valence-electron chi connectivity index (χ0n) is 15.5. The molecular weight excluding hydrogens is 432 g/mol. The van der Waals surface area contributed by atoms with Crippen LogP contribution in [0.5, 0.6) is 5.75 Å². The molecule has 0 heterocycles. The molecule has 6 nitrogen and oxygen atoms in total. The van der Waals surface area contributed by atoms with Gasteiger partial charge in [-0.25, -0.2) is 4.79 Å². The van der Waals surface area contributed by atoms with Crippen molar-refractivity contribution in [3.8, 4) is 5.75 Å². The number of rotatable bonds is 7. The Bertz CT molecular complexity index is 883. The highest BCUT2D eigenvalue weighted by Crippen LogP contribution is 2.22. The average Bonchev–Trinajstić information content (AvgIpc) is 2.62. The van der Waals surface area contributed by atoms with Gasteiger partial charge in [0.1, 0.15) is 5.75 Å². The molecule has 27 heavy (non-hydrogen) atoms. The van der Waals surface area contributed by atoms with Crippen LogP contribution in [0.3, 0.4) is 0 Å². The van der Waals surface area contributed by atoms with E-state index in [1.54, 1.807) is 29.2 Å². The molecule has 0 atom stereocenters. The van der Waals surface area contributed by atoms with E-state index >= 15 is 0 Å². The molecule has 2 aromatic rings.